The van der Waals surface area contributed by atoms with Crippen molar-refractivity contribution in [1.82, 2.24) is 4.72 Å². The van der Waals surface area contributed by atoms with E-state index < -0.39 is 10.0 Å². The molecule has 88 valence electrons. The highest BCUT2D eigenvalue weighted by atomic mass is 32.2. The Morgan fingerprint density at radius 3 is 2.33 bits per heavy atom. The molecule has 0 aliphatic heterocycles. The van der Waals surface area contributed by atoms with Crippen LogP contribution in [0.3, 0.4) is 0 Å². The molecule has 0 spiro atoms. The fourth-order valence-corrected chi connectivity index (χ4v) is 2.64. The van der Waals surface area contributed by atoms with Gasteiger partial charge in [0.15, 0.2) is 0 Å². The van der Waals surface area contributed by atoms with Crippen molar-refractivity contribution in [2.75, 3.05) is 6.54 Å². The van der Waals surface area contributed by atoms with E-state index in [9.17, 15) is 8.42 Å². The molecule has 3 nitrogen and oxygen atoms in total. The molecule has 0 amide bonds. The molecular weight excluding hydrogens is 210 g/mol. The number of nitrogens with one attached hydrogen (secondary N) is 1. The van der Waals surface area contributed by atoms with Crippen LogP contribution in [-0.4, -0.2) is 15.0 Å². The predicted molar refractivity (Wildman–Crippen MR) is 62.9 cm³/mol. The Kier molecular flexibility index (Phi) is 5.32. The van der Waals surface area contributed by atoms with Crippen LogP contribution in [-0.2, 0) is 10.0 Å². The smallest absolute Gasteiger partial charge is 0.212 e. The van der Waals surface area contributed by atoms with E-state index in [2.05, 4.69) is 11.3 Å². The highest BCUT2D eigenvalue weighted by Crippen LogP contribution is 2.24. The molecule has 0 aromatic rings. The van der Waals surface area contributed by atoms with Crippen molar-refractivity contribution in [2.24, 2.45) is 5.92 Å². The Bertz CT molecular complexity index is 277. The predicted octanol–water partition coefficient (Wildman–Crippen LogP) is 2.41. The van der Waals surface area contributed by atoms with Gasteiger partial charge in [0.25, 0.3) is 0 Å². The molecule has 1 aliphatic rings. The third kappa shape index (κ3) is 5.33. The van der Waals surface area contributed by atoms with E-state index >= 15 is 0 Å². The first-order valence-electron chi connectivity index (χ1n) is 5.76. The zero-order chi connectivity index (χ0) is 11.1. The average Bonchev–Trinajstić information content (AvgIpc) is 2.46. The van der Waals surface area contributed by atoms with E-state index in [0.717, 1.165) is 11.8 Å². The van der Waals surface area contributed by atoms with Gasteiger partial charge in [0.1, 0.15) is 0 Å². The Balaban J connectivity index is 2.21. The Hall–Kier alpha value is -0.350. The Morgan fingerprint density at radius 2 is 1.80 bits per heavy atom. The molecule has 4 heteroatoms. The van der Waals surface area contributed by atoms with Gasteiger partial charge in [-0.3, -0.25) is 0 Å². The van der Waals surface area contributed by atoms with Gasteiger partial charge in [0, 0.05) is 12.0 Å². The largest absolute Gasteiger partial charge is 0.233 e. The first kappa shape index (κ1) is 12.7. The third-order valence-electron chi connectivity index (χ3n) is 3.05. The van der Waals surface area contributed by atoms with Crippen molar-refractivity contribution in [1.29, 1.82) is 0 Å². The summed E-state index contributed by atoms with van der Waals surface area (Å²) in [5.74, 6) is 0.708. The van der Waals surface area contributed by atoms with Crippen LogP contribution in [0.15, 0.2) is 12.0 Å². The monoisotopic (exact) mass is 231 g/mol. The summed E-state index contributed by atoms with van der Waals surface area (Å²) >= 11 is 0. The van der Waals surface area contributed by atoms with Gasteiger partial charge >= 0.3 is 0 Å². The molecule has 0 aromatic heterocycles. The second kappa shape index (κ2) is 6.28. The summed E-state index contributed by atoms with van der Waals surface area (Å²) in [6.45, 7) is 3.82. The zero-order valence-corrected chi connectivity index (χ0v) is 10.1. The number of hydrogen-bond donors (Lipinski definition) is 1. The van der Waals surface area contributed by atoms with Crippen LogP contribution in [0, 0.1) is 5.92 Å². The van der Waals surface area contributed by atoms with E-state index in [1.54, 1.807) is 0 Å². The van der Waals surface area contributed by atoms with Crippen LogP contribution in [0.1, 0.15) is 44.9 Å². The summed E-state index contributed by atoms with van der Waals surface area (Å²) in [5, 5.41) is 0.972. The summed E-state index contributed by atoms with van der Waals surface area (Å²) in [5.41, 5.74) is 0. The van der Waals surface area contributed by atoms with Gasteiger partial charge < -0.3 is 0 Å². The Labute approximate surface area is 93.0 Å². The quantitative estimate of drug-likeness (QED) is 0.739. The highest BCUT2D eigenvalue weighted by Gasteiger charge is 2.12. The molecule has 1 aliphatic carbocycles. The third-order valence-corrected chi connectivity index (χ3v) is 4.10. The normalized spacial score (nSPS) is 19.7. The van der Waals surface area contributed by atoms with E-state index in [0.29, 0.717) is 12.5 Å². The average molecular weight is 231 g/mol. The summed E-state index contributed by atoms with van der Waals surface area (Å²) < 4.78 is 24.7. The first-order chi connectivity index (χ1) is 7.14. The van der Waals surface area contributed by atoms with Crippen molar-refractivity contribution >= 4 is 10.0 Å². The second-order valence-electron chi connectivity index (χ2n) is 4.25. The van der Waals surface area contributed by atoms with Gasteiger partial charge in [-0.25, -0.2) is 13.1 Å². The van der Waals surface area contributed by atoms with Crippen LogP contribution < -0.4 is 4.72 Å². The molecule has 0 saturated heterocycles. The van der Waals surface area contributed by atoms with E-state index in [1.165, 1.54) is 38.5 Å². The minimum Gasteiger partial charge on any atom is -0.212 e. The van der Waals surface area contributed by atoms with Crippen LogP contribution in [0.2, 0.25) is 0 Å². The zero-order valence-electron chi connectivity index (χ0n) is 9.24. The molecule has 0 atom stereocenters. The highest BCUT2D eigenvalue weighted by molar-refractivity contribution is 7.92. The van der Waals surface area contributed by atoms with Gasteiger partial charge in [0.05, 0.1) is 0 Å². The molecular formula is C11H21NO2S. The molecule has 0 unspecified atom stereocenters. The second-order valence-corrected chi connectivity index (χ2v) is 5.96. The van der Waals surface area contributed by atoms with Crippen LogP contribution >= 0.6 is 0 Å². The number of rotatable bonds is 5. The maximum Gasteiger partial charge on any atom is 0.233 e. The van der Waals surface area contributed by atoms with Crippen LogP contribution in [0.25, 0.3) is 0 Å². The fourth-order valence-electron chi connectivity index (χ4n) is 2.12. The standard InChI is InChI=1S/C11H21NO2S/c1-2-15(13,14)12-10-9-11-7-5-3-4-6-8-11/h2,11-12H,1,3-10H2. The van der Waals surface area contributed by atoms with Gasteiger partial charge in [0.2, 0.25) is 10.0 Å². The minimum atomic E-state index is -3.22. The summed E-state index contributed by atoms with van der Waals surface area (Å²) in [7, 11) is -3.22. The summed E-state index contributed by atoms with van der Waals surface area (Å²) in [4.78, 5) is 0. The molecule has 1 rings (SSSR count). The number of sulfonamides is 1. The van der Waals surface area contributed by atoms with Crippen molar-refractivity contribution in [2.45, 2.75) is 44.9 Å². The molecule has 0 heterocycles. The van der Waals surface area contributed by atoms with Gasteiger partial charge in [-0.2, -0.15) is 0 Å². The molecule has 0 aromatic carbocycles. The van der Waals surface area contributed by atoms with Crippen LogP contribution in [0.5, 0.6) is 0 Å². The first-order valence-corrected chi connectivity index (χ1v) is 7.31. The van der Waals surface area contributed by atoms with Crippen LogP contribution in [0.4, 0.5) is 0 Å². The van der Waals surface area contributed by atoms with E-state index in [1.807, 2.05) is 0 Å². The fraction of sp³-hybridized carbons (Fsp3) is 0.818. The maximum absolute atomic E-state index is 11.1. The molecule has 0 radical (unpaired) electrons. The van der Waals surface area contributed by atoms with Crippen molar-refractivity contribution in [3.05, 3.63) is 12.0 Å². The minimum absolute atomic E-state index is 0.555. The molecule has 1 fully saturated rings. The van der Waals surface area contributed by atoms with Crippen molar-refractivity contribution in [3.63, 3.8) is 0 Å². The van der Waals surface area contributed by atoms with E-state index in [-0.39, 0.29) is 0 Å². The topological polar surface area (TPSA) is 46.2 Å². The maximum atomic E-state index is 11.1. The summed E-state index contributed by atoms with van der Waals surface area (Å²) in [6.07, 6.45) is 8.78. The lowest BCUT2D eigenvalue weighted by molar-refractivity contribution is 0.427. The summed E-state index contributed by atoms with van der Waals surface area (Å²) in [6, 6.07) is 0. The molecule has 1 saturated carbocycles. The molecule has 0 bridgehead atoms. The lowest BCUT2D eigenvalue weighted by Crippen LogP contribution is -2.23. The number of hydrogen-bond acceptors (Lipinski definition) is 2. The lowest BCUT2D eigenvalue weighted by Gasteiger charge is -2.13. The van der Waals surface area contributed by atoms with Gasteiger partial charge in [-0.1, -0.05) is 45.1 Å². The lowest BCUT2D eigenvalue weighted by atomic mass is 9.97. The van der Waals surface area contributed by atoms with Gasteiger partial charge in [-0.05, 0) is 12.3 Å². The molecule has 1 N–H and O–H groups in total. The van der Waals surface area contributed by atoms with E-state index in [4.69, 9.17) is 0 Å². The SMILES string of the molecule is C=CS(=O)(=O)NCCC1CCCCCC1. The van der Waals surface area contributed by atoms with Crippen molar-refractivity contribution < 1.29 is 8.42 Å². The molecule has 15 heavy (non-hydrogen) atoms. The van der Waals surface area contributed by atoms with Crippen molar-refractivity contribution in [3.8, 4) is 0 Å². The Morgan fingerprint density at radius 1 is 1.20 bits per heavy atom. The van der Waals surface area contributed by atoms with Gasteiger partial charge in [-0.15, -0.1) is 0 Å².